The SMILES string of the molecule is CN1CCC(N(S)c2ccc3cnc(Nc4ccc(-n5cccn5)cc4F)cc3n2)C(N)C1. The van der Waals surface area contributed by atoms with E-state index in [2.05, 4.69) is 27.3 Å². The third-order valence-electron chi connectivity index (χ3n) is 5.92. The van der Waals surface area contributed by atoms with Crippen LogP contribution in [0, 0.1) is 5.82 Å². The monoisotopic (exact) mass is 464 g/mol. The van der Waals surface area contributed by atoms with Gasteiger partial charge in [-0.05, 0) is 50.3 Å². The lowest BCUT2D eigenvalue weighted by molar-refractivity contribution is 0.232. The molecule has 8 nitrogen and oxygen atoms in total. The molecule has 3 N–H and O–H groups in total. The summed E-state index contributed by atoms with van der Waals surface area (Å²) >= 11 is 4.72. The van der Waals surface area contributed by atoms with Gasteiger partial charge in [-0.2, -0.15) is 5.10 Å². The maximum Gasteiger partial charge on any atom is 0.148 e. The summed E-state index contributed by atoms with van der Waals surface area (Å²) in [6, 6.07) is 12.4. The van der Waals surface area contributed by atoms with Crippen molar-refractivity contribution in [2.75, 3.05) is 29.8 Å². The minimum Gasteiger partial charge on any atom is -0.338 e. The first kappa shape index (κ1) is 21.6. The topological polar surface area (TPSA) is 88.1 Å². The van der Waals surface area contributed by atoms with Crippen molar-refractivity contribution < 1.29 is 4.39 Å². The van der Waals surface area contributed by atoms with Gasteiger partial charge in [0.2, 0.25) is 0 Å². The molecule has 1 aliphatic heterocycles. The standard InChI is InChI=1S/C23H25FN8S/c1-30-10-7-21(18(25)14-30)32(33)23-6-3-15-13-26-22(12-20(15)29-23)28-19-5-4-16(11-17(19)24)31-9-2-8-27-31/h2-6,8-9,11-13,18,21,33H,7,10,14,25H2,1H3,(H,26,28). The Balaban J connectivity index is 1.38. The van der Waals surface area contributed by atoms with E-state index in [1.165, 1.54) is 6.07 Å². The van der Waals surface area contributed by atoms with Crippen molar-refractivity contribution in [3.63, 3.8) is 0 Å². The minimum absolute atomic E-state index is 0.0129. The molecule has 1 aliphatic rings. The second-order valence-corrected chi connectivity index (χ2v) is 8.73. The van der Waals surface area contributed by atoms with E-state index in [0.717, 1.165) is 36.2 Å². The predicted octanol–water partition coefficient (Wildman–Crippen LogP) is 3.38. The highest BCUT2D eigenvalue weighted by molar-refractivity contribution is 7.81. The van der Waals surface area contributed by atoms with Crippen molar-refractivity contribution in [1.29, 1.82) is 0 Å². The molecule has 4 aromatic rings. The number of halogens is 1. The second kappa shape index (κ2) is 8.97. The molecule has 0 spiro atoms. The number of nitrogens with two attached hydrogens (primary N) is 1. The number of rotatable bonds is 5. The van der Waals surface area contributed by atoms with Crippen molar-refractivity contribution in [3.05, 3.63) is 66.9 Å². The number of benzene rings is 1. The van der Waals surface area contributed by atoms with Gasteiger partial charge in [-0.25, -0.2) is 19.0 Å². The van der Waals surface area contributed by atoms with E-state index < -0.39 is 5.82 Å². The minimum atomic E-state index is -0.399. The maximum absolute atomic E-state index is 14.7. The van der Waals surface area contributed by atoms with Crippen LogP contribution in [0.3, 0.4) is 0 Å². The van der Waals surface area contributed by atoms with Crippen LogP contribution in [0.5, 0.6) is 0 Å². The molecule has 170 valence electrons. The molecular formula is C23H25FN8S. The molecule has 2 unspecified atom stereocenters. The molecule has 0 radical (unpaired) electrons. The Kier molecular flexibility index (Phi) is 5.88. The summed E-state index contributed by atoms with van der Waals surface area (Å²) < 4.78 is 18.2. The molecular weight excluding hydrogens is 439 g/mol. The zero-order valence-electron chi connectivity index (χ0n) is 18.1. The summed E-state index contributed by atoms with van der Waals surface area (Å²) in [6.07, 6.45) is 6.04. The quantitative estimate of drug-likeness (QED) is 0.390. The van der Waals surface area contributed by atoms with Crippen molar-refractivity contribution in [1.82, 2.24) is 24.6 Å². The fraction of sp³-hybridized carbons (Fsp3) is 0.261. The molecule has 0 amide bonds. The number of pyridine rings is 2. The van der Waals surface area contributed by atoms with E-state index in [9.17, 15) is 4.39 Å². The van der Waals surface area contributed by atoms with Crippen molar-refractivity contribution in [3.8, 4) is 5.69 Å². The first-order chi connectivity index (χ1) is 16.0. The molecule has 33 heavy (non-hydrogen) atoms. The molecule has 1 aromatic carbocycles. The average Bonchev–Trinajstić information content (AvgIpc) is 3.34. The Hall–Kier alpha value is -3.21. The third-order valence-corrected chi connectivity index (χ3v) is 6.42. The zero-order valence-corrected chi connectivity index (χ0v) is 19.0. The summed E-state index contributed by atoms with van der Waals surface area (Å²) in [4.78, 5) is 11.4. The molecule has 0 saturated carbocycles. The number of nitrogens with one attached hydrogen (secondary N) is 1. The summed E-state index contributed by atoms with van der Waals surface area (Å²) in [6.45, 7) is 1.78. The number of piperidine rings is 1. The van der Waals surface area contributed by atoms with Crippen LogP contribution in [0.1, 0.15) is 6.42 Å². The van der Waals surface area contributed by atoms with Gasteiger partial charge in [0.15, 0.2) is 0 Å². The summed E-state index contributed by atoms with van der Waals surface area (Å²) in [5, 5.41) is 8.06. The van der Waals surface area contributed by atoms with Gasteiger partial charge in [0.1, 0.15) is 17.5 Å². The number of hydrogen-bond acceptors (Lipinski definition) is 8. The number of hydrogen-bond donors (Lipinski definition) is 3. The van der Waals surface area contributed by atoms with E-state index in [-0.39, 0.29) is 12.1 Å². The summed E-state index contributed by atoms with van der Waals surface area (Å²) in [7, 11) is 2.07. The smallest absolute Gasteiger partial charge is 0.148 e. The lowest BCUT2D eigenvalue weighted by atomic mass is 10.0. The normalized spacial score (nSPS) is 19.0. The first-order valence-electron chi connectivity index (χ1n) is 10.7. The van der Waals surface area contributed by atoms with E-state index >= 15 is 0 Å². The fourth-order valence-electron chi connectivity index (χ4n) is 4.12. The van der Waals surface area contributed by atoms with E-state index in [4.69, 9.17) is 23.5 Å². The molecule has 4 heterocycles. The highest BCUT2D eigenvalue weighted by Gasteiger charge is 2.29. The molecule has 1 fully saturated rings. The van der Waals surface area contributed by atoms with E-state index in [1.807, 2.05) is 16.4 Å². The van der Waals surface area contributed by atoms with Crippen LogP contribution in [-0.4, -0.2) is 56.9 Å². The van der Waals surface area contributed by atoms with Gasteiger partial charge in [-0.15, -0.1) is 0 Å². The van der Waals surface area contributed by atoms with Crippen molar-refractivity contribution in [2.45, 2.75) is 18.5 Å². The lowest BCUT2D eigenvalue weighted by Gasteiger charge is -2.39. The number of nitrogens with zero attached hydrogens (tertiary/aromatic N) is 6. The average molecular weight is 465 g/mol. The molecule has 2 atom stereocenters. The van der Waals surface area contributed by atoms with Crippen LogP contribution in [-0.2, 0) is 0 Å². The van der Waals surface area contributed by atoms with Crippen LogP contribution < -0.4 is 15.4 Å². The van der Waals surface area contributed by atoms with Gasteiger partial charge in [0.25, 0.3) is 0 Å². The zero-order chi connectivity index (χ0) is 22.9. The molecule has 0 aliphatic carbocycles. The number of likely N-dealkylation sites (N-methyl/N-ethyl adjacent to an activating group) is 1. The van der Waals surface area contributed by atoms with Crippen LogP contribution in [0.2, 0.25) is 0 Å². The third kappa shape index (κ3) is 4.50. The van der Waals surface area contributed by atoms with Gasteiger partial charge in [-0.3, -0.25) is 4.31 Å². The predicted molar refractivity (Wildman–Crippen MR) is 132 cm³/mol. The van der Waals surface area contributed by atoms with E-state index in [1.54, 1.807) is 47.5 Å². The van der Waals surface area contributed by atoms with Gasteiger partial charge in [0.05, 0.1) is 22.9 Å². The lowest BCUT2D eigenvalue weighted by Crippen LogP contribution is -2.55. The molecule has 5 rings (SSSR count). The van der Waals surface area contributed by atoms with Crippen LogP contribution >= 0.6 is 12.8 Å². The molecule has 0 bridgehead atoms. The molecule has 3 aromatic heterocycles. The Morgan fingerprint density at radius 2 is 2.12 bits per heavy atom. The van der Waals surface area contributed by atoms with Crippen LogP contribution in [0.4, 0.5) is 21.7 Å². The number of likely N-dealkylation sites (tertiary alicyclic amines) is 1. The molecule has 1 saturated heterocycles. The first-order valence-corrected chi connectivity index (χ1v) is 11.1. The van der Waals surface area contributed by atoms with Crippen molar-refractivity contribution in [2.24, 2.45) is 5.73 Å². The number of anilines is 3. The highest BCUT2D eigenvalue weighted by atomic mass is 32.1. The van der Waals surface area contributed by atoms with Gasteiger partial charge < -0.3 is 16.0 Å². The summed E-state index contributed by atoms with van der Waals surface area (Å²) in [5.74, 6) is 0.826. The number of aromatic nitrogens is 4. The summed E-state index contributed by atoms with van der Waals surface area (Å²) in [5.41, 5.74) is 8.06. The Labute approximate surface area is 196 Å². The van der Waals surface area contributed by atoms with E-state index in [0.29, 0.717) is 17.2 Å². The van der Waals surface area contributed by atoms with Gasteiger partial charge in [-0.1, -0.05) is 12.8 Å². The highest BCUT2D eigenvalue weighted by Crippen LogP contribution is 2.27. The molecule has 10 heteroatoms. The van der Waals surface area contributed by atoms with Crippen molar-refractivity contribution >= 4 is 41.0 Å². The Bertz CT molecular complexity index is 1260. The number of fused-ring (bicyclic) bond motifs is 1. The largest absolute Gasteiger partial charge is 0.338 e. The maximum atomic E-state index is 14.7. The Morgan fingerprint density at radius 3 is 2.88 bits per heavy atom. The fourth-order valence-corrected chi connectivity index (χ4v) is 4.52. The van der Waals surface area contributed by atoms with Crippen LogP contribution in [0.25, 0.3) is 16.6 Å². The Morgan fingerprint density at radius 1 is 1.24 bits per heavy atom. The second-order valence-electron chi connectivity index (χ2n) is 8.30. The number of thiol groups is 1. The van der Waals surface area contributed by atoms with Gasteiger partial charge in [0, 0.05) is 48.7 Å². The van der Waals surface area contributed by atoms with Crippen LogP contribution in [0.15, 0.2) is 61.1 Å². The van der Waals surface area contributed by atoms with Gasteiger partial charge >= 0.3 is 0 Å².